The minimum absolute atomic E-state index is 0.275. The molecule has 3 heteroatoms. The summed E-state index contributed by atoms with van der Waals surface area (Å²) in [7, 11) is 0. The molecular formula is C9H17N3. The monoisotopic (exact) mass is 167 g/mol. The molecule has 0 aliphatic carbocycles. The number of nitrogens with zero attached hydrogens (tertiary/aromatic N) is 2. The molecule has 68 valence electrons. The molecule has 1 aliphatic heterocycles. The molecule has 0 aromatic rings. The highest BCUT2D eigenvalue weighted by atomic mass is 15.1. The Hall–Kier alpha value is -0.590. The van der Waals surface area contributed by atoms with Crippen LogP contribution in [-0.2, 0) is 0 Å². The van der Waals surface area contributed by atoms with Gasteiger partial charge in [-0.25, -0.2) is 0 Å². The van der Waals surface area contributed by atoms with Crippen molar-refractivity contribution >= 4 is 0 Å². The van der Waals surface area contributed by atoms with Crippen LogP contribution < -0.4 is 5.73 Å². The maximum absolute atomic E-state index is 8.53. The van der Waals surface area contributed by atoms with Crippen molar-refractivity contribution in [2.75, 3.05) is 19.6 Å². The van der Waals surface area contributed by atoms with Crippen LogP contribution in [0.4, 0.5) is 0 Å². The summed E-state index contributed by atoms with van der Waals surface area (Å²) in [5.74, 6) is 0.696. The normalized spacial score (nSPS) is 31.4. The highest BCUT2D eigenvalue weighted by Crippen LogP contribution is 2.17. The highest BCUT2D eigenvalue weighted by molar-refractivity contribution is 4.85. The van der Waals surface area contributed by atoms with Gasteiger partial charge in [0.05, 0.1) is 12.6 Å². The summed E-state index contributed by atoms with van der Waals surface area (Å²) in [5.41, 5.74) is 5.87. The lowest BCUT2D eigenvalue weighted by atomic mass is 9.93. The summed E-state index contributed by atoms with van der Waals surface area (Å²) in [5, 5.41) is 8.53. The minimum Gasteiger partial charge on any atom is -0.327 e. The van der Waals surface area contributed by atoms with Gasteiger partial charge >= 0.3 is 0 Å². The van der Waals surface area contributed by atoms with Crippen LogP contribution in [0.3, 0.4) is 0 Å². The lowest BCUT2D eigenvalue weighted by Gasteiger charge is -2.34. The zero-order valence-electron chi connectivity index (χ0n) is 7.66. The molecule has 0 spiro atoms. The molecule has 0 radical (unpaired) electrons. The Bertz CT molecular complexity index is 173. The van der Waals surface area contributed by atoms with Gasteiger partial charge in [0.15, 0.2) is 0 Å². The van der Waals surface area contributed by atoms with Gasteiger partial charge < -0.3 is 5.73 Å². The lowest BCUT2D eigenvalue weighted by Crippen LogP contribution is -2.46. The van der Waals surface area contributed by atoms with Crippen molar-refractivity contribution in [3.8, 4) is 6.07 Å². The van der Waals surface area contributed by atoms with E-state index in [0.29, 0.717) is 12.5 Å². The average molecular weight is 167 g/mol. The first-order valence-corrected chi connectivity index (χ1v) is 4.61. The molecule has 2 atom stereocenters. The fourth-order valence-electron chi connectivity index (χ4n) is 1.87. The fourth-order valence-corrected chi connectivity index (χ4v) is 1.87. The van der Waals surface area contributed by atoms with Crippen molar-refractivity contribution in [2.24, 2.45) is 11.7 Å². The summed E-state index contributed by atoms with van der Waals surface area (Å²) in [6.07, 6.45) is 2.30. The zero-order chi connectivity index (χ0) is 8.97. The third-order valence-corrected chi connectivity index (χ3v) is 2.52. The van der Waals surface area contributed by atoms with E-state index in [4.69, 9.17) is 11.0 Å². The van der Waals surface area contributed by atoms with Crippen LogP contribution in [-0.4, -0.2) is 30.6 Å². The molecule has 0 saturated carbocycles. The van der Waals surface area contributed by atoms with E-state index >= 15 is 0 Å². The van der Waals surface area contributed by atoms with Gasteiger partial charge in [0, 0.05) is 19.1 Å². The van der Waals surface area contributed by atoms with Crippen LogP contribution in [0.25, 0.3) is 0 Å². The molecule has 1 fully saturated rings. The molecule has 1 rings (SSSR count). The number of piperidine rings is 1. The molecule has 0 aromatic heterocycles. The van der Waals surface area contributed by atoms with E-state index in [-0.39, 0.29) is 6.04 Å². The number of nitriles is 1. The molecule has 2 unspecified atom stereocenters. The van der Waals surface area contributed by atoms with Crippen molar-refractivity contribution in [1.29, 1.82) is 5.26 Å². The molecule has 3 nitrogen and oxygen atoms in total. The summed E-state index contributed by atoms with van der Waals surface area (Å²) >= 11 is 0. The summed E-state index contributed by atoms with van der Waals surface area (Å²) in [4.78, 5) is 2.16. The second kappa shape index (κ2) is 4.44. The van der Waals surface area contributed by atoms with Gasteiger partial charge in [-0.1, -0.05) is 13.3 Å². The Morgan fingerprint density at radius 3 is 2.92 bits per heavy atom. The Labute approximate surface area is 74.1 Å². The van der Waals surface area contributed by atoms with Crippen LogP contribution in [0.15, 0.2) is 0 Å². The van der Waals surface area contributed by atoms with Crippen LogP contribution in [0.5, 0.6) is 0 Å². The van der Waals surface area contributed by atoms with Crippen LogP contribution in [0.1, 0.15) is 19.8 Å². The molecule has 0 amide bonds. The minimum atomic E-state index is 0.275. The largest absolute Gasteiger partial charge is 0.327 e. The maximum Gasteiger partial charge on any atom is 0.0866 e. The molecule has 2 N–H and O–H groups in total. The first-order chi connectivity index (χ1) is 5.76. The first kappa shape index (κ1) is 9.50. The van der Waals surface area contributed by atoms with E-state index in [0.717, 1.165) is 19.5 Å². The van der Waals surface area contributed by atoms with Crippen molar-refractivity contribution < 1.29 is 0 Å². The quantitative estimate of drug-likeness (QED) is 0.612. The van der Waals surface area contributed by atoms with Gasteiger partial charge in [-0.15, -0.1) is 0 Å². The number of rotatable bonds is 2. The first-order valence-electron chi connectivity index (χ1n) is 4.61. The summed E-state index contributed by atoms with van der Waals surface area (Å²) in [6.45, 7) is 4.67. The number of likely N-dealkylation sites (tertiary alicyclic amines) is 1. The number of hydrogen-bond acceptors (Lipinski definition) is 3. The van der Waals surface area contributed by atoms with Gasteiger partial charge in [-0.2, -0.15) is 5.26 Å². The SMILES string of the molecule is CCC1CC(N)CN(CC#N)C1. The summed E-state index contributed by atoms with van der Waals surface area (Å²) in [6, 6.07) is 2.45. The smallest absolute Gasteiger partial charge is 0.0866 e. The van der Waals surface area contributed by atoms with E-state index in [9.17, 15) is 0 Å². The predicted molar refractivity (Wildman–Crippen MR) is 48.4 cm³/mol. The van der Waals surface area contributed by atoms with Gasteiger partial charge in [0.25, 0.3) is 0 Å². The standard InChI is InChI=1S/C9H17N3/c1-2-8-5-9(11)7-12(6-8)4-3-10/h8-9H,2,4-7,11H2,1H3. The molecule has 0 bridgehead atoms. The Morgan fingerprint density at radius 1 is 1.58 bits per heavy atom. The van der Waals surface area contributed by atoms with E-state index in [1.165, 1.54) is 6.42 Å². The molecule has 1 heterocycles. The lowest BCUT2D eigenvalue weighted by molar-refractivity contribution is 0.170. The van der Waals surface area contributed by atoms with Gasteiger partial charge in [0.2, 0.25) is 0 Å². The van der Waals surface area contributed by atoms with Crippen molar-refractivity contribution in [1.82, 2.24) is 4.90 Å². The Kier molecular flexibility index (Phi) is 3.51. The van der Waals surface area contributed by atoms with Crippen molar-refractivity contribution in [2.45, 2.75) is 25.8 Å². The molecule has 1 aliphatic rings. The molecular weight excluding hydrogens is 150 g/mol. The van der Waals surface area contributed by atoms with Gasteiger partial charge in [-0.05, 0) is 12.3 Å². The van der Waals surface area contributed by atoms with Crippen LogP contribution in [0.2, 0.25) is 0 Å². The Morgan fingerprint density at radius 2 is 2.33 bits per heavy atom. The topological polar surface area (TPSA) is 53.0 Å². The van der Waals surface area contributed by atoms with Crippen LogP contribution >= 0.6 is 0 Å². The van der Waals surface area contributed by atoms with E-state index in [2.05, 4.69) is 17.9 Å². The Balaban J connectivity index is 2.40. The second-order valence-corrected chi connectivity index (χ2v) is 3.62. The van der Waals surface area contributed by atoms with Crippen LogP contribution in [0, 0.1) is 17.2 Å². The van der Waals surface area contributed by atoms with Crippen molar-refractivity contribution in [3.05, 3.63) is 0 Å². The summed E-state index contributed by atoms with van der Waals surface area (Å²) < 4.78 is 0. The third kappa shape index (κ3) is 2.47. The van der Waals surface area contributed by atoms with E-state index in [1.807, 2.05) is 0 Å². The highest BCUT2D eigenvalue weighted by Gasteiger charge is 2.23. The molecule has 1 saturated heterocycles. The average Bonchev–Trinajstić information content (AvgIpc) is 2.04. The van der Waals surface area contributed by atoms with E-state index in [1.54, 1.807) is 0 Å². The molecule has 12 heavy (non-hydrogen) atoms. The van der Waals surface area contributed by atoms with Crippen molar-refractivity contribution in [3.63, 3.8) is 0 Å². The number of nitrogens with two attached hydrogens (primary N) is 1. The number of hydrogen-bond donors (Lipinski definition) is 1. The second-order valence-electron chi connectivity index (χ2n) is 3.62. The van der Waals surface area contributed by atoms with Gasteiger partial charge in [0.1, 0.15) is 0 Å². The maximum atomic E-state index is 8.53. The zero-order valence-corrected chi connectivity index (χ0v) is 7.66. The van der Waals surface area contributed by atoms with E-state index < -0.39 is 0 Å². The fraction of sp³-hybridized carbons (Fsp3) is 0.889. The predicted octanol–water partition coefficient (Wildman–Crippen LogP) is 0.569. The molecule has 0 aromatic carbocycles. The third-order valence-electron chi connectivity index (χ3n) is 2.52. The van der Waals surface area contributed by atoms with Gasteiger partial charge in [-0.3, -0.25) is 4.90 Å².